The smallest absolute Gasteiger partial charge is 0.391 e. The zero-order valence-electron chi connectivity index (χ0n) is 11.3. The number of ether oxygens (including phenoxy) is 1. The first kappa shape index (κ1) is 16.4. The van der Waals surface area contributed by atoms with Crippen LogP contribution in [0.1, 0.15) is 25.7 Å². The number of aromatic nitrogens is 1. The van der Waals surface area contributed by atoms with Gasteiger partial charge in [-0.15, -0.1) is 0 Å². The Bertz CT molecular complexity index is 476. The van der Waals surface area contributed by atoms with Crippen LogP contribution in [0.2, 0.25) is 0 Å². The molecule has 1 aromatic rings. The Morgan fingerprint density at radius 2 is 2.00 bits per heavy atom. The number of halogens is 4. The quantitative estimate of drug-likeness (QED) is 0.626. The van der Waals surface area contributed by atoms with Gasteiger partial charge in [0.05, 0.1) is 17.0 Å². The molecular weight excluding hydrogens is 351 g/mol. The van der Waals surface area contributed by atoms with Gasteiger partial charge in [0.15, 0.2) is 0 Å². The average molecular weight is 368 g/mol. The van der Waals surface area contributed by atoms with E-state index in [2.05, 4.69) is 26.3 Å². The second-order valence-electron chi connectivity index (χ2n) is 5.21. The van der Waals surface area contributed by atoms with E-state index in [1.54, 1.807) is 12.3 Å². The molecule has 1 heterocycles. The number of alkyl halides is 3. The summed E-state index contributed by atoms with van der Waals surface area (Å²) in [5, 5.41) is 0. The number of nitrogens with two attached hydrogens (primary N) is 1. The van der Waals surface area contributed by atoms with Crippen molar-refractivity contribution in [2.75, 3.05) is 12.0 Å². The highest BCUT2D eigenvalue weighted by atomic mass is 79.9. The van der Waals surface area contributed by atoms with E-state index in [4.69, 9.17) is 10.6 Å². The van der Waals surface area contributed by atoms with Crippen molar-refractivity contribution in [2.45, 2.75) is 31.9 Å². The zero-order chi connectivity index (χ0) is 15.5. The van der Waals surface area contributed by atoms with Crippen molar-refractivity contribution in [3.63, 3.8) is 0 Å². The van der Waals surface area contributed by atoms with Crippen molar-refractivity contribution in [1.82, 2.24) is 4.98 Å². The predicted molar refractivity (Wildman–Crippen MR) is 76.7 cm³/mol. The van der Waals surface area contributed by atoms with Crippen LogP contribution >= 0.6 is 15.9 Å². The van der Waals surface area contributed by atoms with Crippen LogP contribution in [0.25, 0.3) is 0 Å². The number of nitrogen functional groups attached to an aromatic ring is 1. The largest absolute Gasteiger partial charge is 0.492 e. The molecule has 0 unspecified atom stereocenters. The molecule has 0 aromatic carbocycles. The molecule has 0 spiro atoms. The van der Waals surface area contributed by atoms with Crippen LogP contribution in [0.5, 0.6) is 5.75 Å². The summed E-state index contributed by atoms with van der Waals surface area (Å²) in [4.78, 5) is 4.00. The third-order valence-electron chi connectivity index (χ3n) is 3.75. The lowest BCUT2D eigenvalue weighted by molar-refractivity contribution is -0.184. The summed E-state index contributed by atoms with van der Waals surface area (Å²) in [6.45, 7) is 0.400. The monoisotopic (exact) mass is 367 g/mol. The molecular formula is C13H17BrF3N3O. The minimum atomic E-state index is -4.07. The number of hydrogen-bond acceptors (Lipinski definition) is 4. The molecule has 0 atom stereocenters. The summed E-state index contributed by atoms with van der Waals surface area (Å²) in [7, 11) is 0. The van der Waals surface area contributed by atoms with E-state index in [1.807, 2.05) is 0 Å². The second-order valence-corrected chi connectivity index (χ2v) is 6.07. The van der Waals surface area contributed by atoms with Crippen molar-refractivity contribution >= 4 is 21.7 Å². The average Bonchev–Trinajstić information content (AvgIpc) is 2.46. The molecule has 0 radical (unpaired) electrons. The number of pyridine rings is 1. The highest BCUT2D eigenvalue weighted by Gasteiger charge is 2.41. The van der Waals surface area contributed by atoms with Gasteiger partial charge in [0.25, 0.3) is 0 Å². The van der Waals surface area contributed by atoms with E-state index in [-0.39, 0.29) is 18.8 Å². The summed E-state index contributed by atoms with van der Waals surface area (Å²) >= 11 is 3.32. The lowest BCUT2D eigenvalue weighted by Gasteiger charge is -2.29. The van der Waals surface area contributed by atoms with E-state index < -0.39 is 12.1 Å². The third kappa shape index (κ3) is 4.47. The predicted octanol–water partition coefficient (Wildman–Crippen LogP) is 3.88. The van der Waals surface area contributed by atoms with Gasteiger partial charge in [0.2, 0.25) is 0 Å². The molecule has 1 saturated carbocycles. The number of anilines is 1. The molecule has 0 aliphatic heterocycles. The number of nitrogens with zero attached hydrogens (tertiary/aromatic N) is 1. The van der Waals surface area contributed by atoms with E-state index >= 15 is 0 Å². The summed E-state index contributed by atoms with van der Waals surface area (Å²) in [5.74, 6) is 5.31. The first-order valence-electron chi connectivity index (χ1n) is 6.72. The minimum absolute atomic E-state index is 0.151. The highest BCUT2D eigenvalue weighted by molar-refractivity contribution is 9.10. The third-order valence-corrected chi connectivity index (χ3v) is 4.35. The van der Waals surface area contributed by atoms with Gasteiger partial charge in [-0.05, 0) is 47.5 Å². The van der Waals surface area contributed by atoms with Gasteiger partial charge in [-0.1, -0.05) is 0 Å². The highest BCUT2D eigenvalue weighted by Crippen LogP contribution is 2.39. The van der Waals surface area contributed by atoms with Gasteiger partial charge in [-0.3, -0.25) is 0 Å². The lowest BCUT2D eigenvalue weighted by atomic mass is 9.82. The maximum Gasteiger partial charge on any atom is 0.391 e. The number of rotatable bonds is 4. The minimum Gasteiger partial charge on any atom is -0.492 e. The molecule has 0 amide bonds. The van der Waals surface area contributed by atoms with Crippen LogP contribution in [-0.4, -0.2) is 17.8 Å². The van der Waals surface area contributed by atoms with Gasteiger partial charge in [-0.25, -0.2) is 10.8 Å². The molecule has 1 aromatic heterocycles. The van der Waals surface area contributed by atoms with E-state index in [0.29, 0.717) is 35.5 Å². The first-order chi connectivity index (χ1) is 9.90. The fourth-order valence-electron chi connectivity index (χ4n) is 2.47. The van der Waals surface area contributed by atoms with E-state index in [9.17, 15) is 13.2 Å². The Morgan fingerprint density at radius 1 is 1.33 bits per heavy atom. The summed E-state index contributed by atoms with van der Waals surface area (Å²) in [5.41, 5.74) is 2.42. The first-order valence-corrected chi connectivity index (χ1v) is 7.51. The van der Waals surface area contributed by atoms with E-state index in [1.165, 1.54) is 0 Å². The normalized spacial score (nSPS) is 22.9. The maximum absolute atomic E-state index is 12.6. The van der Waals surface area contributed by atoms with Gasteiger partial charge < -0.3 is 10.2 Å². The Morgan fingerprint density at radius 3 is 2.57 bits per heavy atom. The van der Waals surface area contributed by atoms with Gasteiger partial charge >= 0.3 is 6.18 Å². The Labute approximate surface area is 129 Å². The molecule has 118 valence electrons. The fraction of sp³-hybridized carbons (Fsp3) is 0.615. The summed E-state index contributed by atoms with van der Waals surface area (Å²) in [6, 6.07) is 1.64. The van der Waals surface area contributed by atoms with Crippen molar-refractivity contribution < 1.29 is 17.9 Å². The molecule has 1 aliphatic rings. The van der Waals surface area contributed by atoms with Gasteiger partial charge in [-0.2, -0.15) is 13.2 Å². The molecule has 4 nitrogen and oxygen atoms in total. The zero-order valence-corrected chi connectivity index (χ0v) is 12.9. The molecule has 8 heteroatoms. The van der Waals surface area contributed by atoms with Crippen molar-refractivity contribution in [3.8, 4) is 5.75 Å². The lowest BCUT2D eigenvalue weighted by Crippen LogP contribution is -2.29. The van der Waals surface area contributed by atoms with Crippen molar-refractivity contribution in [3.05, 3.63) is 16.7 Å². The fourth-order valence-corrected chi connectivity index (χ4v) is 2.81. The van der Waals surface area contributed by atoms with Crippen LogP contribution in [0, 0.1) is 11.8 Å². The van der Waals surface area contributed by atoms with Gasteiger partial charge in [0.1, 0.15) is 11.6 Å². The maximum atomic E-state index is 12.6. The van der Waals surface area contributed by atoms with Gasteiger partial charge in [0, 0.05) is 12.3 Å². The molecule has 1 aliphatic carbocycles. The summed E-state index contributed by atoms with van der Waals surface area (Å²) in [6.07, 6.45) is -1.06. The molecule has 0 saturated heterocycles. The summed E-state index contributed by atoms with van der Waals surface area (Å²) < 4.78 is 44.1. The number of nitrogens with one attached hydrogen (secondary N) is 1. The molecule has 2 rings (SSSR count). The molecule has 0 bridgehead atoms. The standard InChI is InChI=1S/C13H17BrF3N3O/c14-10-6-19-12(20-18)5-11(10)21-7-8-1-3-9(4-2-8)13(15,16)17/h5-6,8-9H,1-4,7,18H2,(H,19,20). The molecule has 3 N–H and O–H groups in total. The van der Waals surface area contributed by atoms with Crippen molar-refractivity contribution in [2.24, 2.45) is 17.7 Å². The van der Waals surface area contributed by atoms with Crippen LogP contribution in [0.3, 0.4) is 0 Å². The Hall–Kier alpha value is -1.02. The van der Waals surface area contributed by atoms with E-state index in [0.717, 1.165) is 0 Å². The second kappa shape index (κ2) is 6.83. The van der Waals surface area contributed by atoms with Crippen molar-refractivity contribution in [1.29, 1.82) is 0 Å². The van der Waals surface area contributed by atoms with Crippen LogP contribution in [-0.2, 0) is 0 Å². The molecule has 21 heavy (non-hydrogen) atoms. The number of hydrogen-bond donors (Lipinski definition) is 2. The SMILES string of the molecule is NNc1cc(OCC2CCC(C(F)(F)F)CC2)c(Br)cn1. The van der Waals surface area contributed by atoms with Crippen LogP contribution in [0.4, 0.5) is 19.0 Å². The van der Waals surface area contributed by atoms with Crippen LogP contribution < -0.4 is 16.0 Å². The topological polar surface area (TPSA) is 60.2 Å². The molecule has 1 fully saturated rings. The Balaban J connectivity index is 1.85. The van der Waals surface area contributed by atoms with Crippen LogP contribution in [0.15, 0.2) is 16.7 Å². The number of hydrazine groups is 1. The Kier molecular flexibility index (Phi) is 5.32.